The summed E-state index contributed by atoms with van der Waals surface area (Å²) < 4.78 is 41.1. The lowest BCUT2D eigenvalue weighted by Gasteiger charge is -2.14. The minimum absolute atomic E-state index is 0.0740. The van der Waals surface area contributed by atoms with Crippen LogP contribution < -0.4 is 0 Å². The van der Waals surface area contributed by atoms with Crippen molar-refractivity contribution in [1.82, 2.24) is 4.98 Å². The van der Waals surface area contributed by atoms with E-state index >= 15 is 0 Å². The maximum absolute atomic E-state index is 13.4. The predicted molar refractivity (Wildman–Crippen MR) is 94.5 cm³/mol. The maximum atomic E-state index is 13.4. The molecule has 8 heteroatoms. The molecule has 128 valence electrons. The molecule has 0 aliphatic rings. The van der Waals surface area contributed by atoms with Crippen molar-refractivity contribution in [2.75, 3.05) is 0 Å². The van der Waals surface area contributed by atoms with Crippen molar-refractivity contribution in [2.45, 2.75) is 6.18 Å². The minimum atomic E-state index is -4.66. The van der Waals surface area contributed by atoms with E-state index in [2.05, 4.69) is 36.8 Å². The minimum Gasteiger partial charge on any atom is -0.478 e. The molecule has 2 aromatic carbocycles. The molecule has 3 rings (SSSR count). The number of halogens is 5. The zero-order chi connectivity index (χ0) is 18.4. The van der Waals surface area contributed by atoms with Crippen LogP contribution >= 0.6 is 31.9 Å². The molecular formula is C17H8Br2F3NO2. The van der Waals surface area contributed by atoms with Gasteiger partial charge in [0.25, 0.3) is 0 Å². The van der Waals surface area contributed by atoms with E-state index in [-0.39, 0.29) is 21.1 Å². The second-order valence-corrected chi connectivity index (χ2v) is 7.05. The topological polar surface area (TPSA) is 50.2 Å². The van der Waals surface area contributed by atoms with Crippen LogP contribution in [0.4, 0.5) is 13.2 Å². The lowest BCUT2D eigenvalue weighted by molar-refractivity contribution is -0.136. The largest absolute Gasteiger partial charge is 0.478 e. The van der Waals surface area contributed by atoms with E-state index in [9.17, 15) is 23.1 Å². The molecule has 0 radical (unpaired) electrons. The van der Waals surface area contributed by atoms with Gasteiger partial charge in [-0.15, -0.1) is 0 Å². The molecule has 0 bridgehead atoms. The van der Waals surface area contributed by atoms with Crippen molar-refractivity contribution in [3.8, 4) is 11.3 Å². The second kappa shape index (κ2) is 6.42. The molecule has 1 aromatic heterocycles. The van der Waals surface area contributed by atoms with Crippen LogP contribution in [-0.4, -0.2) is 16.1 Å². The summed E-state index contributed by atoms with van der Waals surface area (Å²) in [6, 6.07) is 10.2. The number of hydrogen-bond donors (Lipinski definition) is 1. The molecule has 1 heterocycles. The fourth-order valence-electron chi connectivity index (χ4n) is 2.45. The highest BCUT2D eigenvalue weighted by molar-refractivity contribution is 9.10. The fraction of sp³-hybridized carbons (Fsp3) is 0.0588. The number of rotatable bonds is 2. The number of aromatic carboxylic acids is 1. The molecule has 0 spiro atoms. The first-order valence-corrected chi connectivity index (χ1v) is 8.46. The number of hydrogen-bond acceptors (Lipinski definition) is 2. The van der Waals surface area contributed by atoms with E-state index < -0.39 is 23.2 Å². The van der Waals surface area contributed by atoms with Crippen LogP contribution in [0.25, 0.3) is 22.2 Å². The molecule has 3 aromatic rings. The van der Waals surface area contributed by atoms with E-state index in [1.165, 1.54) is 12.1 Å². The molecule has 0 saturated heterocycles. The number of fused-ring (bicyclic) bond motifs is 1. The summed E-state index contributed by atoms with van der Waals surface area (Å²) in [5.74, 6) is -1.32. The lowest BCUT2D eigenvalue weighted by atomic mass is 10.0. The third-order valence-corrected chi connectivity index (χ3v) is 4.54. The van der Waals surface area contributed by atoms with Crippen LogP contribution in [0.1, 0.15) is 15.9 Å². The molecule has 0 aliphatic heterocycles. The van der Waals surface area contributed by atoms with E-state index in [0.717, 1.165) is 10.5 Å². The van der Waals surface area contributed by atoms with E-state index in [1.807, 2.05) is 0 Å². The van der Waals surface area contributed by atoms with E-state index in [0.29, 0.717) is 5.56 Å². The third kappa shape index (κ3) is 3.55. The molecule has 1 N–H and O–H groups in total. The van der Waals surface area contributed by atoms with Gasteiger partial charge in [-0.25, -0.2) is 9.78 Å². The van der Waals surface area contributed by atoms with Crippen molar-refractivity contribution >= 4 is 48.7 Å². The van der Waals surface area contributed by atoms with Crippen molar-refractivity contribution in [3.05, 3.63) is 62.5 Å². The fourth-order valence-corrected chi connectivity index (χ4v) is 3.18. The van der Waals surface area contributed by atoms with Gasteiger partial charge >= 0.3 is 12.1 Å². The Bertz CT molecular complexity index is 986. The van der Waals surface area contributed by atoms with Gasteiger partial charge in [-0.1, -0.05) is 44.0 Å². The summed E-state index contributed by atoms with van der Waals surface area (Å²) in [6.45, 7) is 0. The average molecular weight is 475 g/mol. The standard InChI is InChI=1S/C17H8Br2F3NO2/c18-9-3-1-8(2-4-9)14-7-12(16(24)25)11-5-10(19)6-13(15(11)23-14)17(20,21)22/h1-7H,(H,24,25). The molecule has 0 saturated carbocycles. The first kappa shape index (κ1) is 17.9. The first-order valence-electron chi connectivity index (χ1n) is 6.87. The molecule has 0 amide bonds. The highest BCUT2D eigenvalue weighted by Gasteiger charge is 2.34. The normalized spacial score (nSPS) is 11.7. The van der Waals surface area contributed by atoms with Crippen LogP contribution in [0.3, 0.4) is 0 Å². The summed E-state index contributed by atoms with van der Waals surface area (Å²) in [6.07, 6.45) is -4.66. The molecule has 3 nitrogen and oxygen atoms in total. The summed E-state index contributed by atoms with van der Waals surface area (Å²) in [5.41, 5.74) is -0.949. The number of benzene rings is 2. The maximum Gasteiger partial charge on any atom is 0.418 e. The molecule has 0 aliphatic carbocycles. The molecule has 0 unspecified atom stereocenters. The monoisotopic (exact) mass is 473 g/mol. The summed E-state index contributed by atoms with van der Waals surface area (Å²) in [5, 5.41) is 9.38. The Kier molecular flexibility index (Phi) is 4.59. The summed E-state index contributed by atoms with van der Waals surface area (Å²) in [7, 11) is 0. The Balaban J connectivity index is 2.40. The van der Waals surface area contributed by atoms with Gasteiger partial charge < -0.3 is 5.11 Å². The van der Waals surface area contributed by atoms with Crippen LogP contribution in [0.5, 0.6) is 0 Å². The molecular weight excluding hydrogens is 467 g/mol. The second-order valence-electron chi connectivity index (χ2n) is 5.21. The number of carboxylic acids is 1. The highest BCUT2D eigenvalue weighted by atomic mass is 79.9. The Morgan fingerprint density at radius 3 is 2.20 bits per heavy atom. The molecule has 25 heavy (non-hydrogen) atoms. The van der Waals surface area contributed by atoms with Gasteiger partial charge in [0.2, 0.25) is 0 Å². The quantitative estimate of drug-likeness (QED) is 0.485. The van der Waals surface area contributed by atoms with Crippen molar-refractivity contribution < 1.29 is 23.1 Å². The lowest BCUT2D eigenvalue weighted by Crippen LogP contribution is -2.09. The van der Waals surface area contributed by atoms with Crippen molar-refractivity contribution in [2.24, 2.45) is 0 Å². The van der Waals surface area contributed by atoms with Gasteiger partial charge in [0.1, 0.15) is 0 Å². The van der Waals surface area contributed by atoms with Crippen LogP contribution in [0.15, 0.2) is 51.4 Å². The predicted octanol–water partition coefficient (Wildman–Crippen LogP) is 6.14. The Hall–Kier alpha value is -1.93. The number of aromatic nitrogens is 1. The zero-order valence-corrected chi connectivity index (χ0v) is 15.4. The van der Waals surface area contributed by atoms with Gasteiger partial charge in [-0.05, 0) is 30.3 Å². The first-order chi connectivity index (χ1) is 11.7. The van der Waals surface area contributed by atoms with Gasteiger partial charge in [-0.2, -0.15) is 13.2 Å². The highest BCUT2D eigenvalue weighted by Crippen LogP contribution is 2.38. The third-order valence-electron chi connectivity index (χ3n) is 3.55. The van der Waals surface area contributed by atoms with Crippen LogP contribution in [0, 0.1) is 0 Å². The Morgan fingerprint density at radius 2 is 1.64 bits per heavy atom. The smallest absolute Gasteiger partial charge is 0.418 e. The van der Waals surface area contributed by atoms with Crippen molar-refractivity contribution in [1.29, 1.82) is 0 Å². The van der Waals surface area contributed by atoms with Gasteiger partial charge in [0.05, 0.1) is 22.3 Å². The Labute approximate surface area is 156 Å². The number of alkyl halides is 3. The van der Waals surface area contributed by atoms with Gasteiger partial charge in [0, 0.05) is 19.9 Å². The number of nitrogens with zero attached hydrogens (tertiary/aromatic N) is 1. The summed E-state index contributed by atoms with van der Waals surface area (Å²) in [4.78, 5) is 15.7. The molecule has 0 fully saturated rings. The van der Waals surface area contributed by atoms with Crippen molar-refractivity contribution in [3.63, 3.8) is 0 Å². The SMILES string of the molecule is O=C(O)c1cc(-c2ccc(Br)cc2)nc2c(C(F)(F)F)cc(Br)cc12. The molecule has 0 atom stereocenters. The van der Waals surface area contributed by atoms with E-state index in [4.69, 9.17) is 0 Å². The Morgan fingerprint density at radius 1 is 1.00 bits per heavy atom. The summed E-state index contributed by atoms with van der Waals surface area (Å²) >= 11 is 6.28. The number of carboxylic acid groups (broad SMARTS) is 1. The number of carbonyl (C=O) groups is 1. The van der Waals surface area contributed by atoms with Gasteiger partial charge in [-0.3, -0.25) is 0 Å². The number of pyridine rings is 1. The van der Waals surface area contributed by atoms with E-state index in [1.54, 1.807) is 24.3 Å². The van der Waals surface area contributed by atoms with Crippen LogP contribution in [0.2, 0.25) is 0 Å². The average Bonchev–Trinajstić information content (AvgIpc) is 2.53. The zero-order valence-electron chi connectivity index (χ0n) is 12.2. The van der Waals surface area contributed by atoms with Gasteiger partial charge in [0.15, 0.2) is 0 Å². The van der Waals surface area contributed by atoms with Crippen LogP contribution in [-0.2, 0) is 6.18 Å².